The van der Waals surface area contributed by atoms with Gasteiger partial charge in [0, 0.05) is 18.7 Å². The summed E-state index contributed by atoms with van der Waals surface area (Å²) in [5.41, 5.74) is -1.94. The van der Waals surface area contributed by atoms with Crippen LogP contribution in [0.15, 0.2) is 18.2 Å². The Kier molecular flexibility index (Phi) is 8.10. The number of hydrogen-bond acceptors (Lipinski definition) is 4. The quantitative estimate of drug-likeness (QED) is 0.670. The second-order valence-corrected chi connectivity index (χ2v) is 11.3. The number of rotatable bonds is 6. The fraction of sp³-hybridized carbons (Fsp3) is 0.652. The second-order valence-electron chi connectivity index (χ2n) is 9.20. The van der Waals surface area contributed by atoms with E-state index in [0.717, 1.165) is 66.3 Å². The maximum atomic E-state index is 14.7. The highest BCUT2D eigenvalue weighted by Crippen LogP contribution is 2.33. The summed E-state index contributed by atoms with van der Waals surface area (Å²) in [5.74, 6) is -3.24. The number of sulfonamides is 1. The van der Waals surface area contributed by atoms with Crippen LogP contribution in [0.3, 0.4) is 0 Å². The number of piperazine rings is 1. The molecule has 1 aromatic rings. The van der Waals surface area contributed by atoms with Crippen molar-refractivity contribution in [3.63, 3.8) is 0 Å². The molecule has 0 aromatic heterocycles. The van der Waals surface area contributed by atoms with Gasteiger partial charge >= 0.3 is 0 Å². The Labute approximate surface area is 194 Å². The SMILES string of the molecule is CCCS(=O)(=O)N1CC(=O)N(c2ccc(F)cc2F)[C@](C)(C(=O)NC2CCCCCCC2)C1. The molecule has 0 bridgehead atoms. The lowest BCUT2D eigenvalue weighted by atomic mass is 9.92. The van der Waals surface area contributed by atoms with Crippen LogP contribution in [0.1, 0.15) is 65.2 Å². The van der Waals surface area contributed by atoms with E-state index in [1.54, 1.807) is 6.92 Å². The zero-order chi connectivity index (χ0) is 24.2. The molecule has 2 fully saturated rings. The zero-order valence-electron chi connectivity index (χ0n) is 19.3. The minimum absolute atomic E-state index is 0.104. The number of benzene rings is 1. The lowest BCUT2D eigenvalue weighted by molar-refractivity contribution is -0.133. The number of carbonyl (C=O) groups excluding carboxylic acids is 2. The average Bonchev–Trinajstić information content (AvgIpc) is 2.70. The molecule has 1 saturated heterocycles. The van der Waals surface area contributed by atoms with Crippen molar-refractivity contribution in [2.45, 2.75) is 76.8 Å². The van der Waals surface area contributed by atoms with E-state index in [-0.39, 0.29) is 24.0 Å². The first-order valence-corrected chi connectivity index (χ1v) is 13.3. The molecule has 1 aliphatic carbocycles. The van der Waals surface area contributed by atoms with E-state index >= 15 is 0 Å². The molecule has 1 atom stereocenters. The highest BCUT2D eigenvalue weighted by molar-refractivity contribution is 7.89. The Bertz CT molecular complexity index is 980. The van der Waals surface area contributed by atoms with Crippen molar-refractivity contribution in [1.82, 2.24) is 9.62 Å². The number of anilines is 1. The molecule has 10 heteroatoms. The molecular weight excluding hydrogens is 452 g/mol. The minimum Gasteiger partial charge on any atom is -0.351 e. The summed E-state index contributed by atoms with van der Waals surface area (Å²) in [6, 6.07) is 2.67. The number of halogens is 2. The van der Waals surface area contributed by atoms with E-state index in [2.05, 4.69) is 5.32 Å². The predicted octanol–water partition coefficient (Wildman–Crippen LogP) is 3.34. The number of carbonyl (C=O) groups is 2. The zero-order valence-corrected chi connectivity index (χ0v) is 20.1. The summed E-state index contributed by atoms with van der Waals surface area (Å²) in [7, 11) is -3.78. The van der Waals surface area contributed by atoms with Gasteiger partial charge in [-0.2, -0.15) is 4.31 Å². The molecule has 184 valence electrons. The van der Waals surface area contributed by atoms with E-state index in [4.69, 9.17) is 0 Å². The van der Waals surface area contributed by atoms with E-state index < -0.39 is 45.6 Å². The highest BCUT2D eigenvalue weighted by Gasteiger charge is 2.51. The van der Waals surface area contributed by atoms with Crippen LogP contribution in [0.2, 0.25) is 0 Å². The Morgan fingerprint density at radius 3 is 2.39 bits per heavy atom. The highest BCUT2D eigenvalue weighted by atomic mass is 32.2. The summed E-state index contributed by atoms with van der Waals surface area (Å²) < 4.78 is 54.8. The Balaban J connectivity index is 1.98. The normalized spacial score (nSPS) is 23.8. The Morgan fingerprint density at radius 2 is 1.79 bits per heavy atom. The van der Waals surface area contributed by atoms with Gasteiger partial charge in [-0.15, -0.1) is 0 Å². The standard InChI is InChI=1S/C23H33F2N3O4S/c1-3-13-33(31,32)27-15-21(29)28(20-12-11-17(24)14-19(20)25)23(2,16-27)22(30)26-18-9-7-5-4-6-8-10-18/h11-12,14,18H,3-10,13,15-16H2,1-2H3,(H,26,30)/t23-/m0/s1. The summed E-state index contributed by atoms with van der Waals surface area (Å²) in [6.07, 6.45) is 7.19. The van der Waals surface area contributed by atoms with Gasteiger partial charge in [-0.1, -0.05) is 39.0 Å². The molecule has 1 heterocycles. The van der Waals surface area contributed by atoms with E-state index in [1.807, 2.05) is 0 Å². The van der Waals surface area contributed by atoms with Crippen molar-refractivity contribution < 1.29 is 26.8 Å². The first-order valence-electron chi connectivity index (χ1n) is 11.7. The number of amides is 2. The van der Waals surface area contributed by atoms with Crippen LogP contribution < -0.4 is 10.2 Å². The van der Waals surface area contributed by atoms with Crippen LogP contribution in [0.5, 0.6) is 0 Å². The molecule has 3 rings (SSSR count). The van der Waals surface area contributed by atoms with Crippen LogP contribution in [0.4, 0.5) is 14.5 Å². The van der Waals surface area contributed by atoms with Crippen molar-refractivity contribution in [3.05, 3.63) is 29.8 Å². The van der Waals surface area contributed by atoms with E-state index in [9.17, 15) is 26.8 Å². The number of nitrogens with one attached hydrogen (secondary N) is 1. The van der Waals surface area contributed by atoms with Crippen molar-refractivity contribution >= 4 is 27.5 Å². The number of nitrogens with zero attached hydrogens (tertiary/aromatic N) is 2. The third-order valence-electron chi connectivity index (χ3n) is 6.47. The maximum Gasteiger partial charge on any atom is 0.247 e. The Hall–Kier alpha value is -2.07. The number of hydrogen-bond donors (Lipinski definition) is 1. The predicted molar refractivity (Wildman–Crippen MR) is 122 cm³/mol. The third-order valence-corrected chi connectivity index (χ3v) is 8.44. The molecule has 1 aromatic carbocycles. The van der Waals surface area contributed by atoms with Crippen LogP contribution in [0.25, 0.3) is 0 Å². The molecule has 0 radical (unpaired) electrons. The van der Waals surface area contributed by atoms with Gasteiger partial charge in [0.25, 0.3) is 0 Å². The fourth-order valence-corrected chi connectivity index (χ4v) is 6.26. The lowest BCUT2D eigenvalue weighted by Gasteiger charge is -2.47. The largest absolute Gasteiger partial charge is 0.351 e. The molecule has 1 aliphatic heterocycles. The summed E-state index contributed by atoms with van der Waals surface area (Å²) >= 11 is 0. The third kappa shape index (κ3) is 5.71. The van der Waals surface area contributed by atoms with Crippen molar-refractivity contribution in [3.8, 4) is 0 Å². The first-order chi connectivity index (χ1) is 15.6. The molecule has 2 amide bonds. The first kappa shape index (κ1) is 25.6. The molecule has 1 saturated carbocycles. The molecule has 7 nitrogen and oxygen atoms in total. The molecule has 0 spiro atoms. The van der Waals surface area contributed by atoms with Gasteiger partial charge in [-0.25, -0.2) is 17.2 Å². The van der Waals surface area contributed by atoms with Crippen molar-refractivity contribution in [2.24, 2.45) is 0 Å². The second kappa shape index (κ2) is 10.5. The monoisotopic (exact) mass is 485 g/mol. The van der Waals surface area contributed by atoms with Crippen molar-refractivity contribution in [1.29, 1.82) is 0 Å². The van der Waals surface area contributed by atoms with Gasteiger partial charge < -0.3 is 5.32 Å². The van der Waals surface area contributed by atoms with Gasteiger partial charge in [0.2, 0.25) is 21.8 Å². The fourth-order valence-electron chi connectivity index (χ4n) is 4.73. The molecular formula is C23H33F2N3O4S. The van der Waals surface area contributed by atoms with Crippen LogP contribution in [0, 0.1) is 11.6 Å². The Morgan fingerprint density at radius 1 is 1.15 bits per heavy atom. The lowest BCUT2D eigenvalue weighted by Crippen LogP contribution is -2.71. The van der Waals surface area contributed by atoms with Gasteiger partial charge in [0.1, 0.15) is 17.2 Å². The van der Waals surface area contributed by atoms with Gasteiger partial charge in [-0.3, -0.25) is 14.5 Å². The summed E-state index contributed by atoms with van der Waals surface area (Å²) in [6.45, 7) is 2.34. The van der Waals surface area contributed by atoms with Gasteiger partial charge in [-0.05, 0) is 38.3 Å². The smallest absolute Gasteiger partial charge is 0.247 e. The van der Waals surface area contributed by atoms with E-state index in [0.29, 0.717) is 12.5 Å². The summed E-state index contributed by atoms with van der Waals surface area (Å²) in [4.78, 5) is 27.8. The average molecular weight is 486 g/mol. The topological polar surface area (TPSA) is 86.8 Å². The molecule has 2 aliphatic rings. The van der Waals surface area contributed by atoms with Crippen LogP contribution in [-0.4, -0.2) is 55.0 Å². The van der Waals surface area contributed by atoms with Crippen LogP contribution in [-0.2, 0) is 19.6 Å². The van der Waals surface area contributed by atoms with Crippen LogP contribution >= 0.6 is 0 Å². The maximum absolute atomic E-state index is 14.7. The molecule has 0 unspecified atom stereocenters. The van der Waals surface area contributed by atoms with E-state index in [1.165, 1.54) is 6.92 Å². The minimum atomic E-state index is -3.78. The van der Waals surface area contributed by atoms with Gasteiger partial charge in [0.05, 0.1) is 18.0 Å². The summed E-state index contributed by atoms with van der Waals surface area (Å²) in [5, 5.41) is 3.00. The van der Waals surface area contributed by atoms with Gasteiger partial charge in [0.15, 0.2) is 0 Å². The molecule has 1 N–H and O–H groups in total. The molecule has 33 heavy (non-hydrogen) atoms. The van der Waals surface area contributed by atoms with Crippen molar-refractivity contribution in [2.75, 3.05) is 23.7 Å².